The maximum absolute atomic E-state index is 11.5. The summed E-state index contributed by atoms with van der Waals surface area (Å²) in [5.41, 5.74) is 2.67. The minimum absolute atomic E-state index is 0.0769. The number of aryl methyl sites for hydroxylation is 1. The van der Waals surface area contributed by atoms with Crippen molar-refractivity contribution in [3.63, 3.8) is 0 Å². The zero-order valence-electron chi connectivity index (χ0n) is 15.1. The summed E-state index contributed by atoms with van der Waals surface area (Å²) < 4.78 is 24.8. The molecule has 1 aliphatic rings. The van der Waals surface area contributed by atoms with Gasteiger partial charge in [-0.1, -0.05) is 50.0 Å². The molecule has 138 valence electrons. The molecule has 2 N–H and O–H groups in total. The maximum atomic E-state index is 11.5. The molecule has 0 radical (unpaired) electrons. The van der Waals surface area contributed by atoms with Gasteiger partial charge >= 0.3 is 0 Å². The van der Waals surface area contributed by atoms with Gasteiger partial charge in [0.2, 0.25) is 10.0 Å². The summed E-state index contributed by atoms with van der Waals surface area (Å²) in [7, 11) is -1.77. The lowest BCUT2D eigenvalue weighted by Gasteiger charge is -2.21. The first-order valence-electron chi connectivity index (χ1n) is 9.09. The SMILES string of the molecule is Cn1ncc(C#Cc2cccc(S(N)(=O)=O)c2)c1CCC1CCCCC1. The monoisotopic (exact) mass is 371 g/mol. The van der Waals surface area contributed by atoms with E-state index in [9.17, 15) is 8.42 Å². The Labute approximate surface area is 155 Å². The molecule has 2 aromatic rings. The fourth-order valence-corrected chi connectivity index (χ4v) is 4.13. The third kappa shape index (κ3) is 4.75. The standard InChI is InChI=1S/C20H25N3O2S/c1-23-20(13-11-16-6-3-2-4-7-16)18(15-22-23)12-10-17-8-5-9-19(14-17)26(21,24)25/h5,8-9,14-16H,2-4,6-7,11,13H2,1H3,(H2,21,24,25). The van der Waals surface area contributed by atoms with Gasteiger partial charge in [-0.15, -0.1) is 0 Å². The van der Waals surface area contributed by atoms with Crippen molar-refractivity contribution < 1.29 is 8.42 Å². The first kappa shape index (κ1) is 18.7. The Morgan fingerprint density at radius 2 is 2.00 bits per heavy atom. The maximum Gasteiger partial charge on any atom is 0.238 e. The van der Waals surface area contributed by atoms with E-state index in [1.165, 1.54) is 50.7 Å². The molecule has 0 amide bonds. The fourth-order valence-electron chi connectivity index (χ4n) is 3.57. The van der Waals surface area contributed by atoms with Gasteiger partial charge in [0.05, 0.1) is 22.3 Å². The van der Waals surface area contributed by atoms with Gasteiger partial charge in [0.15, 0.2) is 0 Å². The summed E-state index contributed by atoms with van der Waals surface area (Å²) in [5, 5.41) is 9.53. The lowest BCUT2D eigenvalue weighted by Crippen LogP contribution is -2.12. The van der Waals surface area contributed by atoms with E-state index < -0.39 is 10.0 Å². The topological polar surface area (TPSA) is 78.0 Å². The lowest BCUT2D eigenvalue weighted by atomic mass is 9.85. The fraction of sp³-hybridized carbons (Fsp3) is 0.450. The molecule has 0 unspecified atom stereocenters. The number of primary sulfonamides is 1. The number of nitrogens with two attached hydrogens (primary N) is 1. The Morgan fingerprint density at radius 1 is 1.23 bits per heavy atom. The second-order valence-electron chi connectivity index (χ2n) is 6.99. The van der Waals surface area contributed by atoms with E-state index in [0.29, 0.717) is 5.56 Å². The highest BCUT2D eigenvalue weighted by Crippen LogP contribution is 2.27. The molecular weight excluding hydrogens is 346 g/mol. The van der Waals surface area contributed by atoms with Crippen LogP contribution >= 0.6 is 0 Å². The van der Waals surface area contributed by atoms with Gasteiger partial charge < -0.3 is 0 Å². The van der Waals surface area contributed by atoms with E-state index in [1.54, 1.807) is 18.3 Å². The molecule has 6 heteroatoms. The summed E-state index contributed by atoms with van der Waals surface area (Å²) in [6.07, 6.45) is 10.7. The smallest absolute Gasteiger partial charge is 0.238 e. The Hall–Kier alpha value is -2.10. The molecule has 1 heterocycles. The third-order valence-electron chi connectivity index (χ3n) is 5.08. The molecule has 5 nitrogen and oxygen atoms in total. The summed E-state index contributed by atoms with van der Waals surface area (Å²) in [6.45, 7) is 0. The average Bonchev–Trinajstić information content (AvgIpc) is 2.98. The number of aromatic nitrogens is 2. The van der Waals surface area contributed by atoms with E-state index in [2.05, 4.69) is 16.9 Å². The number of hydrogen-bond acceptors (Lipinski definition) is 3. The molecule has 0 bridgehead atoms. The normalized spacial score (nSPS) is 15.5. The van der Waals surface area contributed by atoms with E-state index in [0.717, 1.165) is 23.6 Å². The molecule has 1 aliphatic carbocycles. The summed E-state index contributed by atoms with van der Waals surface area (Å²) >= 11 is 0. The molecule has 1 fully saturated rings. The van der Waals surface area contributed by atoms with Gasteiger partial charge in [-0.3, -0.25) is 4.68 Å². The van der Waals surface area contributed by atoms with Crippen molar-refractivity contribution in [3.05, 3.63) is 47.3 Å². The molecule has 0 saturated heterocycles. The van der Waals surface area contributed by atoms with Crippen molar-refractivity contribution in [3.8, 4) is 11.8 Å². The van der Waals surface area contributed by atoms with Crippen molar-refractivity contribution in [2.75, 3.05) is 0 Å². The predicted molar refractivity (Wildman–Crippen MR) is 102 cm³/mol. The van der Waals surface area contributed by atoms with Crippen LogP contribution in [0.3, 0.4) is 0 Å². The van der Waals surface area contributed by atoms with Crippen LogP contribution in [-0.4, -0.2) is 18.2 Å². The number of benzene rings is 1. The first-order valence-corrected chi connectivity index (χ1v) is 10.6. The summed E-state index contributed by atoms with van der Waals surface area (Å²) in [6, 6.07) is 6.40. The van der Waals surface area contributed by atoms with Gasteiger partial charge in [0.1, 0.15) is 0 Å². The Bertz CT molecular complexity index is 929. The van der Waals surface area contributed by atoms with Gasteiger partial charge in [-0.2, -0.15) is 5.10 Å². The number of hydrogen-bond donors (Lipinski definition) is 1. The highest BCUT2D eigenvalue weighted by molar-refractivity contribution is 7.89. The van der Waals surface area contributed by atoms with Crippen molar-refractivity contribution in [2.24, 2.45) is 18.1 Å². The van der Waals surface area contributed by atoms with Crippen LogP contribution < -0.4 is 5.14 Å². The van der Waals surface area contributed by atoms with Crippen LogP contribution in [0, 0.1) is 17.8 Å². The molecule has 26 heavy (non-hydrogen) atoms. The van der Waals surface area contributed by atoms with Crippen molar-refractivity contribution >= 4 is 10.0 Å². The number of sulfonamides is 1. The predicted octanol–water partition coefficient (Wildman–Crippen LogP) is 2.98. The lowest BCUT2D eigenvalue weighted by molar-refractivity contribution is 0.337. The molecule has 1 aromatic carbocycles. The number of nitrogens with zero attached hydrogens (tertiary/aromatic N) is 2. The first-order chi connectivity index (χ1) is 12.4. The minimum atomic E-state index is -3.72. The second kappa shape index (κ2) is 8.07. The van der Waals surface area contributed by atoms with Crippen molar-refractivity contribution in [1.29, 1.82) is 0 Å². The third-order valence-corrected chi connectivity index (χ3v) is 5.99. The van der Waals surface area contributed by atoms with E-state index >= 15 is 0 Å². The van der Waals surface area contributed by atoms with Crippen LogP contribution in [0.4, 0.5) is 0 Å². The minimum Gasteiger partial charge on any atom is -0.271 e. The zero-order chi connectivity index (χ0) is 18.6. The molecular formula is C20H25N3O2S. The molecule has 3 rings (SSSR count). The Balaban J connectivity index is 1.76. The molecule has 1 aromatic heterocycles. The summed E-state index contributed by atoms with van der Waals surface area (Å²) in [5.74, 6) is 7.00. The van der Waals surface area contributed by atoms with Gasteiger partial charge in [0, 0.05) is 12.6 Å². The van der Waals surface area contributed by atoms with Gasteiger partial charge in [-0.25, -0.2) is 13.6 Å². The van der Waals surface area contributed by atoms with Crippen LogP contribution in [-0.2, 0) is 23.5 Å². The van der Waals surface area contributed by atoms with E-state index in [1.807, 2.05) is 11.7 Å². The van der Waals surface area contributed by atoms with Crippen LogP contribution in [0.1, 0.15) is 55.3 Å². The molecule has 0 spiro atoms. The van der Waals surface area contributed by atoms with Crippen LogP contribution in [0.25, 0.3) is 0 Å². The molecule has 0 atom stereocenters. The van der Waals surface area contributed by atoms with Gasteiger partial charge in [-0.05, 0) is 37.0 Å². The van der Waals surface area contributed by atoms with Crippen LogP contribution in [0.15, 0.2) is 35.4 Å². The van der Waals surface area contributed by atoms with Crippen molar-refractivity contribution in [2.45, 2.75) is 49.8 Å². The molecule has 1 saturated carbocycles. The highest BCUT2D eigenvalue weighted by Gasteiger charge is 2.15. The Kier molecular flexibility index (Phi) is 5.80. The average molecular weight is 372 g/mol. The largest absolute Gasteiger partial charge is 0.271 e. The van der Waals surface area contributed by atoms with Crippen LogP contribution in [0.5, 0.6) is 0 Å². The zero-order valence-corrected chi connectivity index (χ0v) is 15.9. The summed E-state index contributed by atoms with van der Waals surface area (Å²) in [4.78, 5) is 0.0769. The van der Waals surface area contributed by atoms with Crippen LogP contribution in [0.2, 0.25) is 0 Å². The second-order valence-corrected chi connectivity index (χ2v) is 8.56. The van der Waals surface area contributed by atoms with Gasteiger partial charge in [0.25, 0.3) is 0 Å². The quantitative estimate of drug-likeness (QED) is 0.839. The molecule has 0 aliphatic heterocycles. The highest BCUT2D eigenvalue weighted by atomic mass is 32.2. The number of rotatable bonds is 4. The Morgan fingerprint density at radius 3 is 2.73 bits per heavy atom. The van der Waals surface area contributed by atoms with E-state index in [4.69, 9.17) is 5.14 Å². The van der Waals surface area contributed by atoms with E-state index in [-0.39, 0.29) is 4.90 Å². The van der Waals surface area contributed by atoms with Crippen molar-refractivity contribution in [1.82, 2.24) is 9.78 Å².